The normalized spacial score (nSPS) is 24.2. The molecule has 1 aliphatic heterocycles. The molecule has 1 fully saturated rings. The molecule has 0 N–H and O–H groups in total. The van der Waals surface area contributed by atoms with Crippen LogP contribution in [0.1, 0.15) is 45.4 Å². The van der Waals surface area contributed by atoms with Crippen molar-refractivity contribution >= 4 is 9.04 Å². The molecule has 2 heteroatoms. The highest BCUT2D eigenvalue weighted by molar-refractivity contribution is 6.51. The summed E-state index contributed by atoms with van der Waals surface area (Å²) < 4.78 is 5.80. The van der Waals surface area contributed by atoms with Gasteiger partial charge in [-0.1, -0.05) is 39.0 Å². The van der Waals surface area contributed by atoms with Crippen LogP contribution in [0.4, 0.5) is 0 Å². The van der Waals surface area contributed by atoms with Gasteiger partial charge in [0.2, 0.25) is 0 Å². The van der Waals surface area contributed by atoms with Crippen molar-refractivity contribution in [2.75, 3.05) is 6.61 Å². The molecular formula is C10H22OSi. The Morgan fingerprint density at radius 1 is 1.17 bits per heavy atom. The summed E-state index contributed by atoms with van der Waals surface area (Å²) in [6.07, 6.45) is 8.41. The minimum atomic E-state index is -0.669. The predicted octanol–water partition coefficient (Wildman–Crippen LogP) is 3.10. The van der Waals surface area contributed by atoms with Crippen molar-refractivity contribution in [2.24, 2.45) is 0 Å². The molecule has 1 aliphatic rings. The lowest BCUT2D eigenvalue weighted by atomic mass is 10.2. The van der Waals surface area contributed by atoms with Gasteiger partial charge in [-0.2, -0.15) is 0 Å². The van der Waals surface area contributed by atoms with E-state index in [1.54, 1.807) is 0 Å². The molecule has 1 saturated heterocycles. The van der Waals surface area contributed by atoms with E-state index >= 15 is 0 Å². The molecule has 0 aromatic carbocycles. The van der Waals surface area contributed by atoms with Gasteiger partial charge in [-0.3, -0.25) is 0 Å². The van der Waals surface area contributed by atoms with E-state index in [2.05, 4.69) is 6.92 Å². The van der Waals surface area contributed by atoms with Gasteiger partial charge in [-0.05, 0) is 18.5 Å². The first-order chi connectivity index (χ1) is 5.93. The molecule has 12 heavy (non-hydrogen) atoms. The second-order valence-electron chi connectivity index (χ2n) is 3.84. The summed E-state index contributed by atoms with van der Waals surface area (Å²) in [4.78, 5) is 0. The average Bonchev–Trinajstić information content (AvgIpc) is 2.14. The van der Waals surface area contributed by atoms with Crippen LogP contribution in [0, 0.1) is 0 Å². The lowest BCUT2D eigenvalue weighted by molar-refractivity contribution is 0.285. The van der Waals surface area contributed by atoms with Crippen LogP contribution in [0.15, 0.2) is 0 Å². The first-order valence-corrected chi connectivity index (χ1v) is 7.65. The third-order valence-electron chi connectivity index (χ3n) is 2.65. The predicted molar refractivity (Wildman–Crippen MR) is 56.1 cm³/mol. The van der Waals surface area contributed by atoms with Gasteiger partial charge in [0.25, 0.3) is 0 Å². The molecule has 0 spiro atoms. The van der Waals surface area contributed by atoms with E-state index in [1.807, 2.05) is 0 Å². The second kappa shape index (κ2) is 6.67. The molecule has 1 rings (SSSR count). The van der Waals surface area contributed by atoms with Gasteiger partial charge in [-0.25, -0.2) is 0 Å². The summed E-state index contributed by atoms with van der Waals surface area (Å²) in [5, 5.41) is 0. The SMILES string of the molecule is CCCCCC[SiH]1CCCCO1. The molecule has 1 heterocycles. The molecular weight excluding hydrogens is 164 g/mol. The number of hydrogen-bond donors (Lipinski definition) is 0. The van der Waals surface area contributed by atoms with Crippen LogP contribution >= 0.6 is 0 Å². The van der Waals surface area contributed by atoms with E-state index in [9.17, 15) is 0 Å². The number of unbranched alkanes of at least 4 members (excludes halogenated alkanes) is 3. The van der Waals surface area contributed by atoms with E-state index in [-0.39, 0.29) is 0 Å². The van der Waals surface area contributed by atoms with Gasteiger partial charge in [0.05, 0.1) is 0 Å². The Bertz CT molecular complexity index is 100. The maximum Gasteiger partial charge on any atom is 0.176 e. The highest BCUT2D eigenvalue weighted by atomic mass is 28.3. The smallest absolute Gasteiger partial charge is 0.176 e. The van der Waals surface area contributed by atoms with Crippen molar-refractivity contribution in [1.82, 2.24) is 0 Å². The lowest BCUT2D eigenvalue weighted by Crippen LogP contribution is -2.22. The van der Waals surface area contributed by atoms with Gasteiger partial charge in [0.1, 0.15) is 0 Å². The molecule has 0 amide bonds. The highest BCUT2D eigenvalue weighted by Gasteiger charge is 2.14. The summed E-state index contributed by atoms with van der Waals surface area (Å²) in [5.41, 5.74) is 0. The summed E-state index contributed by atoms with van der Waals surface area (Å²) >= 11 is 0. The van der Waals surface area contributed by atoms with E-state index in [0.29, 0.717) is 0 Å². The molecule has 0 aliphatic carbocycles. The summed E-state index contributed by atoms with van der Waals surface area (Å²) in [6.45, 7) is 3.35. The second-order valence-corrected chi connectivity index (χ2v) is 6.57. The van der Waals surface area contributed by atoms with Gasteiger partial charge in [0, 0.05) is 6.61 Å². The van der Waals surface area contributed by atoms with Crippen molar-refractivity contribution < 1.29 is 4.43 Å². The topological polar surface area (TPSA) is 9.23 Å². The van der Waals surface area contributed by atoms with E-state index in [4.69, 9.17) is 4.43 Å². The van der Waals surface area contributed by atoms with Crippen molar-refractivity contribution in [3.05, 3.63) is 0 Å². The van der Waals surface area contributed by atoms with E-state index in [1.165, 1.54) is 50.6 Å². The zero-order valence-corrected chi connectivity index (χ0v) is 9.50. The third-order valence-corrected chi connectivity index (χ3v) is 5.47. The molecule has 0 radical (unpaired) electrons. The van der Waals surface area contributed by atoms with Crippen molar-refractivity contribution in [2.45, 2.75) is 57.5 Å². The van der Waals surface area contributed by atoms with E-state index in [0.717, 1.165) is 6.61 Å². The van der Waals surface area contributed by atoms with Crippen LogP contribution in [0.2, 0.25) is 12.1 Å². The summed E-state index contributed by atoms with van der Waals surface area (Å²) in [5.74, 6) is 0. The largest absolute Gasteiger partial charge is 0.420 e. The molecule has 1 atom stereocenters. The lowest BCUT2D eigenvalue weighted by Gasteiger charge is -2.20. The van der Waals surface area contributed by atoms with Crippen LogP contribution in [-0.4, -0.2) is 15.6 Å². The van der Waals surface area contributed by atoms with Crippen molar-refractivity contribution in [3.8, 4) is 0 Å². The molecule has 0 aromatic heterocycles. The Morgan fingerprint density at radius 3 is 2.75 bits per heavy atom. The highest BCUT2D eigenvalue weighted by Crippen LogP contribution is 2.16. The average molecular weight is 186 g/mol. The quantitative estimate of drug-likeness (QED) is 0.473. The maximum atomic E-state index is 5.80. The molecule has 0 bridgehead atoms. The monoisotopic (exact) mass is 186 g/mol. The minimum Gasteiger partial charge on any atom is -0.420 e. The molecule has 0 saturated carbocycles. The fraction of sp³-hybridized carbons (Fsp3) is 1.00. The van der Waals surface area contributed by atoms with Gasteiger partial charge in [-0.15, -0.1) is 0 Å². The van der Waals surface area contributed by atoms with Crippen LogP contribution in [0.25, 0.3) is 0 Å². The van der Waals surface area contributed by atoms with Crippen LogP contribution in [0.5, 0.6) is 0 Å². The Balaban J connectivity index is 1.91. The zero-order chi connectivity index (χ0) is 8.65. The van der Waals surface area contributed by atoms with Gasteiger partial charge >= 0.3 is 0 Å². The third kappa shape index (κ3) is 4.26. The molecule has 72 valence electrons. The number of rotatable bonds is 5. The Morgan fingerprint density at radius 2 is 2.08 bits per heavy atom. The first kappa shape index (κ1) is 10.3. The maximum absolute atomic E-state index is 5.80. The number of hydrogen-bond acceptors (Lipinski definition) is 1. The molecule has 0 aromatic rings. The summed E-state index contributed by atoms with van der Waals surface area (Å²) in [6, 6.07) is 2.89. The fourth-order valence-corrected chi connectivity index (χ4v) is 4.44. The van der Waals surface area contributed by atoms with E-state index < -0.39 is 9.04 Å². The van der Waals surface area contributed by atoms with Crippen molar-refractivity contribution in [1.29, 1.82) is 0 Å². The zero-order valence-electron chi connectivity index (χ0n) is 8.35. The Kier molecular flexibility index (Phi) is 5.70. The van der Waals surface area contributed by atoms with Crippen LogP contribution in [-0.2, 0) is 4.43 Å². The Labute approximate surface area is 78.2 Å². The molecule has 1 unspecified atom stereocenters. The van der Waals surface area contributed by atoms with Gasteiger partial charge in [0.15, 0.2) is 9.04 Å². The molecule has 1 nitrogen and oxygen atoms in total. The minimum absolute atomic E-state index is 0.669. The standard InChI is InChI=1S/C10H22OSi/c1-2-3-4-6-9-12-10-7-5-8-11-12/h12H,2-10H2,1H3. The fourth-order valence-electron chi connectivity index (χ4n) is 1.83. The first-order valence-electron chi connectivity index (χ1n) is 5.55. The van der Waals surface area contributed by atoms with Crippen LogP contribution in [0.3, 0.4) is 0 Å². The van der Waals surface area contributed by atoms with Crippen LogP contribution < -0.4 is 0 Å². The van der Waals surface area contributed by atoms with Gasteiger partial charge < -0.3 is 4.43 Å². The Hall–Kier alpha value is 0.177. The summed E-state index contributed by atoms with van der Waals surface area (Å²) in [7, 11) is -0.669. The van der Waals surface area contributed by atoms with Crippen molar-refractivity contribution in [3.63, 3.8) is 0 Å².